The zero-order valence-corrected chi connectivity index (χ0v) is 18.6. The maximum absolute atomic E-state index is 12.9. The summed E-state index contributed by atoms with van der Waals surface area (Å²) in [5, 5.41) is 2.57. The molecule has 0 radical (unpaired) electrons. The van der Waals surface area contributed by atoms with Crippen molar-refractivity contribution >= 4 is 11.7 Å². The molecule has 8 nitrogen and oxygen atoms in total. The number of carbonyl (C=O) groups excluding carboxylic acids is 2. The summed E-state index contributed by atoms with van der Waals surface area (Å²) >= 11 is 0. The lowest BCUT2D eigenvalue weighted by Crippen LogP contribution is -2.41. The smallest absolute Gasteiger partial charge is 0.269 e. The number of unbranched alkanes of at least 4 members (excludes halogenated alkanes) is 1. The van der Waals surface area contributed by atoms with Crippen LogP contribution in [0, 0.1) is 0 Å². The Kier molecular flexibility index (Phi) is 8.87. The maximum Gasteiger partial charge on any atom is 0.269 e. The molecule has 1 aromatic heterocycles. The summed E-state index contributed by atoms with van der Waals surface area (Å²) in [6.45, 7) is 0.988. The summed E-state index contributed by atoms with van der Waals surface area (Å²) < 4.78 is 16.7. The highest BCUT2D eigenvalue weighted by Gasteiger charge is 2.21. The number of hydrogen-bond donors (Lipinski definition) is 2. The van der Waals surface area contributed by atoms with Gasteiger partial charge >= 0.3 is 0 Å². The lowest BCUT2D eigenvalue weighted by atomic mass is 9.99. The molecule has 1 aromatic carbocycles. The largest absolute Gasteiger partial charge is 0.370 e. The number of rotatable bonds is 10. The lowest BCUT2D eigenvalue weighted by molar-refractivity contribution is -0.188. The zero-order valence-electron chi connectivity index (χ0n) is 18.6. The minimum atomic E-state index is -0.487. The van der Waals surface area contributed by atoms with E-state index in [1.54, 1.807) is 13.2 Å². The number of carbonyl (C=O) groups is 2. The number of nitrogens with one attached hydrogen (secondary N) is 1. The number of nitrogens with zero attached hydrogens (tertiary/aromatic N) is 1. The van der Waals surface area contributed by atoms with Crippen molar-refractivity contribution in [2.45, 2.75) is 44.1 Å². The zero-order chi connectivity index (χ0) is 22.9. The number of aromatic nitrogens is 1. The fourth-order valence-electron chi connectivity index (χ4n) is 3.61. The van der Waals surface area contributed by atoms with Crippen molar-refractivity contribution in [1.82, 2.24) is 10.3 Å². The van der Waals surface area contributed by atoms with Gasteiger partial charge in [-0.2, -0.15) is 0 Å². The number of Topliss-reactive ketones (excluding diaryl/α,β-unsaturated/α-hetero) is 1. The van der Waals surface area contributed by atoms with Crippen molar-refractivity contribution in [3.8, 4) is 0 Å². The van der Waals surface area contributed by atoms with Gasteiger partial charge in [-0.25, -0.2) is 4.98 Å². The van der Waals surface area contributed by atoms with Crippen molar-refractivity contribution in [2.24, 2.45) is 5.73 Å². The molecule has 1 atom stereocenters. The summed E-state index contributed by atoms with van der Waals surface area (Å²) in [4.78, 5) is 29.7. The first-order valence-electron chi connectivity index (χ1n) is 10.9. The van der Waals surface area contributed by atoms with Crippen LogP contribution in [0.4, 0.5) is 0 Å². The monoisotopic (exact) mass is 441 g/mol. The van der Waals surface area contributed by atoms with Crippen LogP contribution >= 0.6 is 0 Å². The van der Waals surface area contributed by atoms with E-state index < -0.39 is 6.10 Å². The van der Waals surface area contributed by atoms with E-state index in [-0.39, 0.29) is 29.7 Å². The van der Waals surface area contributed by atoms with Gasteiger partial charge in [-0.1, -0.05) is 30.3 Å². The molecular weight excluding hydrogens is 410 g/mol. The fraction of sp³-hybridized carbons (Fsp3) is 0.458. The molecule has 1 aliphatic heterocycles. The third-order valence-electron chi connectivity index (χ3n) is 5.32. The number of ketones is 1. The van der Waals surface area contributed by atoms with Gasteiger partial charge in [0.2, 0.25) is 0 Å². The summed E-state index contributed by atoms with van der Waals surface area (Å²) in [7, 11) is 3.11. The lowest BCUT2D eigenvalue weighted by Gasteiger charge is -2.27. The molecule has 2 aromatic rings. The van der Waals surface area contributed by atoms with Crippen molar-refractivity contribution in [3.05, 3.63) is 65.0 Å². The van der Waals surface area contributed by atoms with Gasteiger partial charge in [-0.3, -0.25) is 9.59 Å². The Bertz CT molecular complexity index is 898. The second-order valence-corrected chi connectivity index (χ2v) is 7.80. The first kappa shape index (κ1) is 24.0. The second kappa shape index (κ2) is 11.8. The number of ether oxygens (including phenoxy) is 3. The molecule has 32 heavy (non-hydrogen) atoms. The van der Waals surface area contributed by atoms with E-state index in [0.717, 1.165) is 12.0 Å². The Hall–Kier alpha value is -2.65. The number of methoxy groups -OCH3 is 1. The number of benzene rings is 1. The van der Waals surface area contributed by atoms with E-state index in [2.05, 4.69) is 10.3 Å². The highest BCUT2D eigenvalue weighted by atomic mass is 16.7. The summed E-state index contributed by atoms with van der Waals surface area (Å²) in [5.74, 6) is -0.400. The van der Waals surface area contributed by atoms with Gasteiger partial charge in [0.1, 0.15) is 11.8 Å². The van der Waals surface area contributed by atoms with Crippen molar-refractivity contribution < 1.29 is 23.8 Å². The van der Waals surface area contributed by atoms with E-state index >= 15 is 0 Å². The second-order valence-electron chi connectivity index (χ2n) is 7.80. The van der Waals surface area contributed by atoms with Crippen molar-refractivity contribution in [2.75, 3.05) is 27.4 Å². The molecule has 1 saturated heterocycles. The molecule has 3 N–H and O–H groups in total. The Morgan fingerprint density at radius 2 is 1.91 bits per heavy atom. The van der Waals surface area contributed by atoms with E-state index in [1.807, 2.05) is 30.3 Å². The molecule has 3 rings (SSSR count). The van der Waals surface area contributed by atoms with Crippen LogP contribution in [0.15, 0.2) is 42.5 Å². The summed E-state index contributed by atoms with van der Waals surface area (Å²) in [6.07, 6.45) is 1.80. The molecule has 0 bridgehead atoms. The first-order chi connectivity index (χ1) is 15.5. The minimum Gasteiger partial charge on any atom is -0.370 e. The van der Waals surface area contributed by atoms with Crippen molar-refractivity contribution in [1.29, 1.82) is 0 Å². The Labute approximate surface area is 188 Å². The first-order valence-corrected chi connectivity index (χ1v) is 10.9. The third-order valence-corrected chi connectivity index (χ3v) is 5.32. The molecule has 0 unspecified atom stereocenters. The molecule has 1 amide bonds. The van der Waals surface area contributed by atoms with Gasteiger partial charge in [-0.15, -0.1) is 0 Å². The predicted octanol–water partition coefficient (Wildman–Crippen LogP) is 2.62. The van der Waals surface area contributed by atoms with E-state index in [0.29, 0.717) is 43.7 Å². The van der Waals surface area contributed by atoms with E-state index in [9.17, 15) is 9.59 Å². The SMILES string of the molecule is CNC(=O)c1cc(C(=O)CCCCC2OCC(N)CO2)cc([C@@H](OC)c2ccccc2)n1. The maximum atomic E-state index is 12.9. The highest BCUT2D eigenvalue weighted by Crippen LogP contribution is 2.26. The molecular formula is C24H31N3O5. The van der Waals surface area contributed by atoms with Crippen molar-refractivity contribution in [3.63, 3.8) is 0 Å². The van der Waals surface area contributed by atoms with Crippen LogP contribution in [0.3, 0.4) is 0 Å². The summed E-state index contributed by atoms with van der Waals surface area (Å²) in [5.41, 5.74) is 7.78. The molecule has 0 spiro atoms. The Morgan fingerprint density at radius 3 is 2.56 bits per heavy atom. The van der Waals surface area contributed by atoms with Gasteiger partial charge in [0.25, 0.3) is 5.91 Å². The summed E-state index contributed by atoms with van der Waals surface area (Å²) in [6, 6.07) is 12.7. The van der Waals surface area contributed by atoms with Crippen LogP contribution < -0.4 is 11.1 Å². The van der Waals surface area contributed by atoms with E-state index in [4.69, 9.17) is 19.9 Å². The van der Waals surface area contributed by atoms with Crippen LogP contribution in [0.1, 0.15) is 63.9 Å². The normalized spacial score (nSPS) is 19.3. The van der Waals surface area contributed by atoms with Gasteiger partial charge in [0, 0.05) is 26.1 Å². The Balaban J connectivity index is 1.69. The van der Waals surface area contributed by atoms with Crippen LogP contribution in [0.25, 0.3) is 0 Å². The quantitative estimate of drug-likeness (QED) is 0.430. The average Bonchev–Trinajstić information content (AvgIpc) is 2.83. The van der Waals surface area contributed by atoms with Gasteiger partial charge < -0.3 is 25.3 Å². The number of hydrogen-bond acceptors (Lipinski definition) is 7. The minimum absolute atomic E-state index is 0.0470. The highest BCUT2D eigenvalue weighted by molar-refractivity contribution is 5.99. The van der Waals surface area contributed by atoms with Gasteiger partial charge in [0.05, 0.1) is 24.9 Å². The third kappa shape index (κ3) is 6.43. The number of pyridine rings is 1. The molecule has 0 saturated carbocycles. The molecule has 0 aliphatic carbocycles. The van der Waals surface area contributed by atoms with Crippen LogP contribution in [0.5, 0.6) is 0 Å². The van der Waals surface area contributed by atoms with Crippen LogP contribution in [-0.2, 0) is 14.2 Å². The standard InChI is InChI=1S/C24H31N3O5/c1-26-24(29)20-13-17(12-19(27-20)23(30-2)16-8-4-3-5-9-16)21(28)10-6-7-11-22-31-14-18(25)15-32-22/h3-5,8-9,12-13,18,22-23H,6-7,10-11,14-15,25H2,1-2H3,(H,26,29)/t18?,22?,23-/m0/s1. The topological polar surface area (TPSA) is 113 Å². The molecule has 1 aliphatic rings. The van der Waals surface area contributed by atoms with Gasteiger partial charge in [0.15, 0.2) is 12.1 Å². The average molecular weight is 442 g/mol. The fourth-order valence-corrected chi connectivity index (χ4v) is 3.61. The number of amides is 1. The molecule has 2 heterocycles. The predicted molar refractivity (Wildman–Crippen MR) is 119 cm³/mol. The van der Waals surface area contributed by atoms with E-state index in [1.165, 1.54) is 13.1 Å². The van der Waals surface area contributed by atoms with Crippen LogP contribution in [0.2, 0.25) is 0 Å². The van der Waals surface area contributed by atoms with Gasteiger partial charge in [-0.05, 0) is 37.0 Å². The number of nitrogens with two attached hydrogens (primary N) is 1. The molecule has 8 heteroatoms. The molecule has 172 valence electrons. The Morgan fingerprint density at radius 1 is 1.19 bits per heavy atom. The molecule has 1 fully saturated rings. The van der Waals surface area contributed by atoms with Crippen LogP contribution in [-0.4, -0.2) is 56.4 Å².